The molecular formula is C16H24N6. The van der Waals surface area contributed by atoms with Crippen molar-refractivity contribution in [1.29, 1.82) is 0 Å². The molecular weight excluding hydrogens is 276 g/mol. The lowest BCUT2D eigenvalue weighted by Crippen LogP contribution is -2.47. The van der Waals surface area contributed by atoms with E-state index < -0.39 is 0 Å². The summed E-state index contributed by atoms with van der Waals surface area (Å²) >= 11 is 0. The minimum atomic E-state index is 0.284. The molecule has 0 aromatic carbocycles. The van der Waals surface area contributed by atoms with Crippen LogP contribution in [-0.4, -0.2) is 51.1 Å². The van der Waals surface area contributed by atoms with Crippen LogP contribution in [-0.2, 0) is 7.05 Å². The largest absolute Gasteiger partial charge is 0.353 e. The number of imidazole rings is 1. The predicted molar refractivity (Wildman–Crippen MR) is 86.9 cm³/mol. The summed E-state index contributed by atoms with van der Waals surface area (Å²) in [6, 6.07) is 2.29. The van der Waals surface area contributed by atoms with Crippen LogP contribution in [0.25, 0.3) is 0 Å². The van der Waals surface area contributed by atoms with E-state index in [9.17, 15) is 0 Å². The molecule has 1 saturated heterocycles. The van der Waals surface area contributed by atoms with E-state index in [0.29, 0.717) is 5.92 Å². The van der Waals surface area contributed by atoms with Gasteiger partial charge in [0.1, 0.15) is 17.5 Å². The van der Waals surface area contributed by atoms with Gasteiger partial charge in [0.15, 0.2) is 0 Å². The van der Waals surface area contributed by atoms with Gasteiger partial charge in [-0.3, -0.25) is 4.90 Å². The van der Waals surface area contributed by atoms with E-state index in [2.05, 4.69) is 52.3 Å². The average Bonchev–Trinajstić information content (AvgIpc) is 2.94. The Morgan fingerprint density at radius 2 is 1.95 bits per heavy atom. The summed E-state index contributed by atoms with van der Waals surface area (Å²) in [5, 5.41) is 0. The van der Waals surface area contributed by atoms with E-state index in [1.807, 2.05) is 24.7 Å². The van der Waals surface area contributed by atoms with Crippen molar-refractivity contribution in [2.45, 2.75) is 25.8 Å². The molecule has 0 amide bonds. The number of aromatic nitrogens is 4. The number of hydrogen-bond acceptors (Lipinski definition) is 5. The smallest absolute Gasteiger partial charge is 0.133 e. The van der Waals surface area contributed by atoms with E-state index in [1.54, 1.807) is 0 Å². The molecule has 1 atom stereocenters. The van der Waals surface area contributed by atoms with Crippen LogP contribution in [0.15, 0.2) is 24.7 Å². The van der Waals surface area contributed by atoms with Gasteiger partial charge < -0.3 is 9.47 Å². The maximum atomic E-state index is 4.73. The number of rotatable bonds is 3. The van der Waals surface area contributed by atoms with Gasteiger partial charge in [0.05, 0.1) is 6.04 Å². The summed E-state index contributed by atoms with van der Waals surface area (Å²) in [6.07, 6.45) is 5.74. The van der Waals surface area contributed by atoms with Crippen molar-refractivity contribution in [1.82, 2.24) is 24.4 Å². The Hall–Kier alpha value is -1.95. The third kappa shape index (κ3) is 2.83. The number of piperazine rings is 1. The van der Waals surface area contributed by atoms with Gasteiger partial charge in [-0.05, 0) is 13.1 Å². The molecule has 1 aliphatic rings. The van der Waals surface area contributed by atoms with Crippen LogP contribution < -0.4 is 4.90 Å². The number of hydrogen-bond donors (Lipinski definition) is 0. The first-order chi connectivity index (χ1) is 10.6. The van der Waals surface area contributed by atoms with E-state index in [0.717, 1.165) is 37.1 Å². The SMILES string of the molecule is CC(C)c1nccc(N2CCN(C)C(c3nccn3C)C2)n1. The second-order valence-corrected chi connectivity index (χ2v) is 6.27. The highest BCUT2D eigenvalue weighted by Crippen LogP contribution is 2.25. The predicted octanol–water partition coefficient (Wildman–Crippen LogP) is 1.83. The minimum absolute atomic E-state index is 0.284. The summed E-state index contributed by atoms with van der Waals surface area (Å²) in [4.78, 5) is 18.3. The fraction of sp³-hybridized carbons (Fsp3) is 0.562. The summed E-state index contributed by atoms with van der Waals surface area (Å²) in [5.74, 6) is 3.37. The van der Waals surface area contributed by atoms with Crippen LogP contribution in [0.5, 0.6) is 0 Å². The van der Waals surface area contributed by atoms with Crippen LogP contribution in [0.2, 0.25) is 0 Å². The number of nitrogens with zero attached hydrogens (tertiary/aromatic N) is 6. The molecule has 118 valence electrons. The normalized spacial score (nSPS) is 19.9. The molecule has 0 saturated carbocycles. The van der Waals surface area contributed by atoms with Crippen molar-refractivity contribution < 1.29 is 0 Å². The molecule has 0 radical (unpaired) electrons. The first-order valence-corrected chi connectivity index (χ1v) is 7.81. The van der Waals surface area contributed by atoms with Gasteiger partial charge in [-0.15, -0.1) is 0 Å². The molecule has 6 nitrogen and oxygen atoms in total. The van der Waals surface area contributed by atoms with Gasteiger partial charge in [-0.2, -0.15) is 0 Å². The van der Waals surface area contributed by atoms with E-state index in [4.69, 9.17) is 4.98 Å². The maximum Gasteiger partial charge on any atom is 0.133 e. The fourth-order valence-electron chi connectivity index (χ4n) is 2.88. The zero-order chi connectivity index (χ0) is 15.7. The van der Waals surface area contributed by atoms with Gasteiger partial charge in [0.25, 0.3) is 0 Å². The fourth-order valence-corrected chi connectivity index (χ4v) is 2.88. The Morgan fingerprint density at radius 3 is 2.64 bits per heavy atom. The van der Waals surface area contributed by atoms with Gasteiger partial charge in [-0.1, -0.05) is 13.8 Å². The van der Waals surface area contributed by atoms with Gasteiger partial charge in [0, 0.05) is 51.2 Å². The summed E-state index contributed by atoms with van der Waals surface area (Å²) in [7, 11) is 4.22. The van der Waals surface area contributed by atoms with Gasteiger partial charge >= 0.3 is 0 Å². The monoisotopic (exact) mass is 300 g/mol. The molecule has 3 heterocycles. The third-order valence-electron chi connectivity index (χ3n) is 4.30. The second kappa shape index (κ2) is 6.04. The Bertz CT molecular complexity index is 635. The number of anilines is 1. The van der Waals surface area contributed by atoms with Crippen molar-refractivity contribution in [3.8, 4) is 0 Å². The lowest BCUT2D eigenvalue weighted by Gasteiger charge is -2.39. The lowest BCUT2D eigenvalue weighted by atomic mass is 10.1. The minimum Gasteiger partial charge on any atom is -0.353 e. The number of aryl methyl sites for hydroxylation is 1. The van der Waals surface area contributed by atoms with E-state index in [1.165, 1.54) is 0 Å². The molecule has 22 heavy (non-hydrogen) atoms. The van der Waals surface area contributed by atoms with E-state index >= 15 is 0 Å². The number of likely N-dealkylation sites (N-methyl/N-ethyl adjacent to an activating group) is 1. The van der Waals surface area contributed by atoms with Gasteiger partial charge in [-0.25, -0.2) is 15.0 Å². The Morgan fingerprint density at radius 1 is 1.14 bits per heavy atom. The van der Waals surface area contributed by atoms with Crippen LogP contribution >= 0.6 is 0 Å². The summed E-state index contributed by atoms with van der Waals surface area (Å²) < 4.78 is 2.10. The third-order valence-corrected chi connectivity index (χ3v) is 4.30. The molecule has 0 spiro atoms. The van der Waals surface area contributed by atoms with Crippen LogP contribution in [0.1, 0.15) is 37.5 Å². The van der Waals surface area contributed by atoms with Crippen molar-refractivity contribution >= 4 is 5.82 Å². The zero-order valence-electron chi connectivity index (χ0n) is 13.8. The molecule has 1 fully saturated rings. The van der Waals surface area contributed by atoms with Crippen LogP contribution in [0.3, 0.4) is 0 Å². The molecule has 2 aromatic rings. The maximum absolute atomic E-state index is 4.73. The zero-order valence-corrected chi connectivity index (χ0v) is 13.8. The first-order valence-electron chi connectivity index (χ1n) is 7.81. The molecule has 0 aliphatic carbocycles. The molecule has 0 N–H and O–H groups in total. The Labute approximate surface area is 131 Å². The molecule has 2 aromatic heterocycles. The van der Waals surface area contributed by atoms with Gasteiger partial charge in [0.2, 0.25) is 0 Å². The van der Waals surface area contributed by atoms with Crippen molar-refractivity contribution in [2.24, 2.45) is 7.05 Å². The highest BCUT2D eigenvalue weighted by molar-refractivity contribution is 5.39. The molecule has 1 aliphatic heterocycles. The van der Waals surface area contributed by atoms with Crippen molar-refractivity contribution in [3.63, 3.8) is 0 Å². The van der Waals surface area contributed by atoms with Crippen LogP contribution in [0, 0.1) is 0 Å². The quantitative estimate of drug-likeness (QED) is 0.865. The molecule has 6 heteroatoms. The topological polar surface area (TPSA) is 50.1 Å². The highest BCUT2D eigenvalue weighted by Gasteiger charge is 2.29. The van der Waals surface area contributed by atoms with Crippen LogP contribution in [0.4, 0.5) is 5.82 Å². The highest BCUT2D eigenvalue weighted by atomic mass is 15.3. The Kier molecular flexibility index (Phi) is 4.11. The molecule has 1 unspecified atom stereocenters. The lowest BCUT2D eigenvalue weighted by molar-refractivity contribution is 0.209. The van der Waals surface area contributed by atoms with Crippen molar-refractivity contribution in [3.05, 3.63) is 36.3 Å². The summed E-state index contributed by atoms with van der Waals surface area (Å²) in [5.41, 5.74) is 0. The molecule has 0 bridgehead atoms. The Balaban J connectivity index is 1.84. The summed E-state index contributed by atoms with van der Waals surface area (Å²) in [6.45, 7) is 7.12. The van der Waals surface area contributed by atoms with Crippen molar-refractivity contribution in [2.75, 3.05) is 31.6 Å². The second-order valence-electron chi connectivity index (χ2n) is 6.27. The first kappa shape index (κ1) is 15.0. The standard InChI is InChI=1S/C16H24N6/c1-12(2)15-17-6-5-14(19-15)22-10-9-20(3)13(11-22)16-18-7-8-21(16)4/h5-8,12-13H,9-11H2,1-4H3. The average molecular weight is 300 g/mol. The van der Waals surface area contributed by atoms with E-state index in [-0.39, 0.29) is 6.04 Å². The molecule has 3 rings (SSSR count).